The number of carbonyl (C=O) groups excluding carboxylic acids is 1. The average Bonchev–Trinajstić information content (AvgIpc) is 2.84. The molecule has 1 unspecified atom stereocenters. The SMILES string of the molecule is COC(=O)C(Nc1ccc(OC)cc1)c1cc(Br)c(Br)s1. The first-order valence-corrected chi connectivity index (χ1v) is 8.38. The van der Waals surface area contributed by atoms with Gasteiger partial charge in [-0.3, -0.25) is 0 Å². The summed E-state index contributed by atoms with van der Waals surface area (Å²) >= 11 is 8.34. The van der Waals surface area contributed by atoms with Gasteiger partial charge >= 0.3 is 5.97 Å². The largest absolute Gasteiger partial charge is 0.497 e. The molecular weight excluding hydrogens is 422 g/mol. The zero-order chi connectivity index (χ0) is 15.4. The average molecular weight is 435 g/mol. The van der Waals surface area contributed by atoms with Crippen LogP contribution < -0.4 is 10.1 Å². The fraction of sp³-hybridized carbons (Fsp3) is 0.214. The van der Waals surface area contributed by atoms with Crippen LogP contribution in [0.2, 0.25) is 0 Å². The predicted octanol–water partition coefficient (Wildman–Crippen LogP) is 4.61. The van der Waals surface area contributed by atoms with Gasteiger partial charge in [-0.2, -0.15) is 0 Å². The van der Waals surface area contributed by atoms with Crippen LogP contribution in [0, 0.1) is 0 Å². The van der Waals surface area contributed by atoms with Crippen LogP contribution in [0.25, 0.3) is 0 Å². The van der Waals surface area contributed by atoms with Gasteiger partial charge in [0.1, 0.15) is 5.75 Å². The number of anilines is 1. The van der Waals surface area contributed by atoms with E-state index < -0.39 is 6.04 Å². The van der Waals surface area contributed by atoms with Gasteiger partial charge in [-0.15, -0.1) is 11.3 Å². The molecule has 0 saturated heterocycles. The molecule has 0 radical (unpaired) electrons. The summed E-state index contributed by atoms with van der Waals surface area (Å²) in [6, 6.07) is 8.70. The van der Waals surface area contributed by atoms with Crippen molar-refractivity contribution in [1.82, 2.24) is 0 Å². The van der Waals surface area contributed by atoms with Gasteiger partial charge in [-0.25, -0.2) is 4.79 Å². The maximum Gasteiger partial charge on any atom is 0.333 e. The highest BCUT2D eigenvalue weighted by Crippen LogP contribution is 2.37. The Morgan fingerprint density at radius 3 is 2.38 bits per heavy atom. The fourth-order valence-corrected chi connectivity index (χ4v) is 3.85. The molecule has 0 bridgehead atoms. The summed E-state index contributed by atoms with van der Waals surface area (Å²) in [4.78, 5) is 12.9. The molecule has 2 aromatic rings. The molecule has 7 heteroatoms. The minimum absolute atomic E-state index is 0.341. The normalized spacial score (nSPS) is 11.8. The zero-order valence-electron chi connectivity index (χ0n) is 11.4. The maximum atomic E-state index is 12.0. The number of methoxy groups -OCH3 is 2. The quantitative estimate of drug-likeness (QED) is 0.698. The van der Waals surface area contributed by atoms with Crippen LogP contribution in [0.5, 0.6) is 5.75 Å². The van der Waals surface area contributed by atoms with Crippen molar-refractivity contribution in [1.29, 1.82) is 0 Å². The molecule has 0 aliphatic carbocycles. The lowest BCUT2D eigenvalue weighted by Gasteiger charge is -2.16. The first kappa shape index (κ1) is 16.3. The van der Waals surface area contributed by atoms with Crippen molar-refractivity contribution >= 4 is 54.9 Å². The number of esters is 1. The van der Waals surface area contributed by atoms with Crippen LogP contribution in [0.3, 0.4) is 0 Å². The van der Waals surface area contributed by atoms with E-state index in [4.69, 9.17) is 9.47 Å². The first-order valence-electron chi connectivity index (χ1n) is 5.98. The Balaban J connectivity index is 2.25. The fourth-order valence-electron chi connectivity index (χ4n) is 1.72. The van der Waals surface area contributed by atoms with Crippen LogP contribution >= 0.6 is 43.2 Å². The molecular formula is C14H13Br2NO3S. The van der Waals surface area contributed by atoms with Gasteiger partial charge in [-0.05, 0) is 62.2 Å². The van der Waals surface area contributed by atoms with E-state index in [0.717, 1.165) is 24.6 Å². The lowest BCUT2D eigenvalue weighted by atomic mass is 10.2. The van der Waals surface area contributed by atoms with E-state index in [1.807, 2.05) is 30.3 Å². The van der Waals surface area contributed by atoms with Gasteiger partial charge in [0.15, 0.2) is 6.04 Å². The van der Waals surface area contributed by atoms with E-state index in [2.05, 4.69) is 37.2 Å². The Kier molecular flexibility index (Phi) is 5.66. The van der Waals surface area contributed by atoms with Crippen LogP contribution in [-0.2, 0) is 9.53 Å². The Morgan fingerprint density at radius 1 is 1.24 bits per heavy atom. The number of hydrogen-bond acceptors (Lipinski definition) is 5. The van der Waals surface area contributed by atoms with E-state index in [-0.39, 0.29) is 5.97 Å². The van der Waals surface area contributed by atoms with E-state index in [1.165, 1.54) is 18.4 Å². The highest BCUT2D eigenvalue weighted by molar-refractivity contribution is 9.13. The van der Waals surface area contributed by atoms with Crippen molar-refractivity contribution in [3.8, 4) is 5.75 Å². The van der Waals surface area contributed by atoms with E-state index in [9.17, 15) is 4.79 Å². The molecule has 112 valence electrons. The van der Waals surface area contributed by atoms with Crippen molar-refractivity contribution in [2.45, 2.75) is 6.04 Å². The summed E-state index contributed by atoms with van der Waals surface area (Å²) < 4.78 is 11.8. The topological polar surface area (TPSA) is 47.6 Å². The Hall–Kier alpha value is -1.05. The number of nitrogens with one attached hydrogen (secondary N) is 1. The summed E-state index contributed by atoms with van der Waals surface area (Å²) in [5.74, 6) is 0.420. The van der Waals surface area contributed by atoms with Gasteiger partial charge in [0.25, 0.3) is 0 Å². The molecule has 0 saturated carbocycles. The molecule has 1 aromatic carbocycles. The van der Waals surface area contributed by atoms with Crippen molar-refractivity contribution in [3.63, 3.8) is 0 Å². The van der Waals surface area contributed by atoms with Gasteiger partial charge in [-0.1, -0.05) is 0 Å². The van der Waals surface area contributed by atoms with E-state index in [1.54, 1.807) is 7.11 Å². The molecule has 2 rings (SSSR count). The molecule has 1 aromatic heterocycles. The number of hydrogen-bond donors (Lipinski definition) is 1. The third-order valence-corrected chi connectivity index (χ3v) is 6.11. The van der Waals surface area contributed by atoms with Gasteiger partial charge < -0.3 is 14.8 Å². The summed E-state index contributed by atoms with van der Waals surface area (Å²) in [5.41, 5.74) is 0.812. The molecule has 1 atom stereocenters. The van der Waals surface area contributed by atoms with Crippen molar-refractivity contribution in [2.75, 3.05) is 19.5 Å². The lowest BCUT2D eigenvalue weighted by Crippen LogP contribution is -2.21. The number of ether oxygens (including phenoxy) is 2. The maximum absolute atomic E-state index is 12.0. The molecule has 21 heavy (non-hydrogen) atoms. The monoisotopic (exact) mass is 433 g/mol. The van der Waals surface area contributed by atoms with Crippen LogP contribution in [0.1, 0.15) is 10.9 Å². The Labute approximate surface area is 143 Å². The van der Waals surface area contributed by atoms with Gasteiger partial charge in [0.05, 0.1) is 18.0 Å². The second-order valence-electron chi connectivity index (χ2n) is 4.10. The third kappa shape index (κ3) is 3.99. The highest BCUT2D eigenvalue weighted by Gasteiger charge is 2.24. The number of thiophene rings is 1. The molecule has 0 spiro atoms. The smallest absolute Gasteiger partial charge is 0.333 e. The van der Waals surface area contributed by atoms with Crippen molar-refractivity contribution < 1.29 is 14.3 Å². The minimum Gasteiger partial charge on any atom is -0.497 e. The Morgan fingerprint density at radius 2 is 1.90 bits per heavy atom. The molecule has 0 aliphatic rings. The minimum atomic E-state index is -0.559. The van der Waals surface area contributed by atoms with Gasteiger partial charge in [0, 0.05) is 15.0 Å². The van der Waals surface area contributed by atoms with E-state index in [0.29, 0.717) is 0 Å². The molecule has 0 amide bonds. The van der Waals surface area contributed by atoms with Crippen LogP contribution in [0.4, 0.5) is 5.69 Å². The van der Waals surface area contributed by atoms with Crippen LogP contribution in [-0.4, -0.2) is 20.2 Å². The summed E-state index contributed by atoms with van der Waals surface area (Å²) in [7, 11) is 2.99. The summed E-state index contributed by atoms with van der Waals surface area (Å²) in [6.07, 6.45) is 0. The Bertz CT molecular complexity index is 608. The summed E-state index contributed by atoms with van der Waals surface area (Å²) in [5, 5.41) is 3.18. The van der Waals surface area contributed by atoms with Crippen LogP contribution in [0.15, 0.2) is 38.6 Å². The molecule has 4 nitrogen and oxygen atoms in total. The van der Waals surface area contributed by atoms with Crippen molar-refractivity contribution in [2.24, 2.45) is 0 Å². The summed E-state index contributed by atoms with van der Waals surface area (Å²) in [6.45, 7) is 0. The van der Waals surface area contributed by atoms with E-state index >= 15 is 0 Å². The van der Waals surface area contributed by atoms with Crippen molar-refractivity contribution in [3.05, 3.63) is 43.5 Å². The number of benzene rings is 1. The lowest BCUT2D eigenvalue weighted by molar-refractivity contribution is -0.141. The third-order valence-electron chi connectivity index (χ3n) is 2.79. The molecule has 1 N–H and O–H groups in total. The highest BCUT2D eigenvalue weighted by atomic mass is 79.9. The van der Waals surface area contributed by atoms with Gasteiger partial charge in [0.2, 0.25) is 0 Å². The second-order valence-corrected chi connectivity index (χ2v) is 7.36. The number of halogens is 2. The number of carbonyl (C=O) groups is 1. The number of rotatable bonds is 5. The zero-order valence-corrected chi connectivity index (χ0v) is 15.3. The molecule has 1 heterocycles. The first-order chi connectivity index (χ1) is 10.0. The molecule has 0 aliphatic heterocycles. The second kappa shape index (κ2) is 7.29. The predicted molar refractivity (Wildman–Crippen MR) is 91.1 cm³/mol. The molecule has 0 fully saturated rings. The standard InChI is InChI=1S/C14H13Br2NO3S/c1-19-9-5-3-8(4-6-9)17-12(14(18)20-2)11-7-10(15)13(16)21-11/h3-7,12,17H,1-2H3.